The molecule has 0 amide bonds. The molecular weight excluding hydrogens is 118 g/mol. The highest BCUT2D eigenvalue weighted by atomic mass is 32.2. The van der Waals surface area contributed by atoms with Crippen LogP contribution in [0.15, 0.2) is 11.5 Å². The second-order valence-corrected chi connectivity index (χ2v) is 3.69. The molecule has 0 saturated heterocycles. The van der Waals surface area contributed by atoms with Gasteiger partial charge >= 0.3 is 0 Å². The highest BCUT2D eigenvalue weighted by Crippen LogP contribution is 2.17. The maximum Gasteiger partial charge on any atom is 0.00414 e. The lowest BCUT2D eigenvalue weighted by Crippen LogP contribution is -2.01. The summed E-state index contributed by atoms with van der Waals surface area (Å²) in [5.41, 5.74) is 5.36. The van der Waals surface area contributed by atoms with Crippen LogP contribution in [-0.4, -0.2) is 17.7 Å². The first-order chi connectivity index (χ1) is 3.93. The molecule has 0 aromatic carbocycles. The first kappa shape index (κ1) is 6.05. The van der Waals surface area contributed by atoms with Gasteiger partial charge in [-0.1, -0.05) is 11.4 Å². The second kappa shape index (κ2) is 3.05. The van der Waals surface area contributed by atoms with Gasteiger partial charge in [0, 0.05) is 12.3 Å². The predicted octanol–water partition coefficient (Wildman–Crippen LogP) is 0.934. The Morgan fingerprint density at radius 1 is 1.62 bits per heavy atom. The number of hydrogen-bond acceptors (Lipinski definition) is 1. The van der Waals surface area contributed by atoms with Gasteiger partial charge in [-0.05, 0) is 11.8 Å². The van der Waals surface area contributed by atoms with Crippen LogP contribution in [0, 0.1) is 0 Å². The SMILES string of the molecule is NCCS1=CCC=C1. The van der Waals surface area contributed by atoms with Gasteiger partial charge in [-0.3, -0.25) is 0 Å². The zero-order chi connectivity index (χ0) is 5.82. The summed E-state index contributed by atoms with van der Waals surface area (Å²) in [4.78, 5) is 0. The number of allylic oxidation sites excluding steroid dienone is 1. The van der Waals surface area contributed by atoms with Crippen LogP contribution in [0.1, 0.15) is 6.42 Å². The van der Waals surface area contributed by atoms with Crippen molar-refractivity contribution >= 4 is 15.9 Å². The summed E-state index contributed by atoms with van der Waals surface area (Å²) in [6, 6.07) is 0. The summed E-state index contributed by atoms with van der Waals surface area (Å²) < 4.78 is 0. The van der Waals surface area contributed by atoms with Gasteiger partial charge < -0.3 is 5.73 Å². The van der Waals surface area contributed by atoms with Crippen molar-refractivity contribution in [2.75, 3.05) is 12.3 Å². The number of hydrogen-bond donors (Lipinski definition) is 1. The van der Waals surface area contributed by atoms with Gasteiger partial charge in [0.15, 0.2) is 0 Å². The molecule has 0 aromatic rings. The van der Waals surface area contributed by atoms with Crippen molar-refractivity contribution in [1.29, 1.82) is 0 Å². The van der Waals surface area contributed by atoms with Gasteiger partial charge in [-0.25, -0.2) is 0 Å². The highest BCUT2D eigenvalue weighted by Gasteiger charge is 1.91. The highest BCUT2D eigenvalue weighted by molar-refractivity contribution is 8.17. The molecule has 8 heavy (non-hydrogen) atoms. The van der Waals surface area contributed by atoms with E-state index in [4.69, 9.17) is 5.73 Å². The van der Waals surface area contributed by atoms with E-state index in [2.05, 4.69) is 16.9 Å². The van der Waals surface area contributed by atoms with Crippen LogP contribution in [0.5, 0.6) is 0 Å². The molecule has 1 atom stereocenters. The zero-order valence-corrected chi connectivity index (χ0v) is 5.66. The van der Waals surface area contributed by atoms with E-state index in [0.29, 0.717) is 10.5 Å². The standard InChI is InChI=1S/C6H11NS/c7-3-6-8-4-1-2-5-8/h1,4-5H,2-3,6-7H2. The second-order valence-electron chi connectivity index (χ2n) is 1.74. The lowest BCUT2D eigenvalue weighted by atomic mass is 10.5. The Bertz CT molecular complexity index is 126. The fourth-order valence-electron chi connectivity index (χ4n) is 0.701. The van der Waals surface area contributed by atoms with E-state index in [1.807, 2.05) is 0 Å². The van der Waals surface area contributed by atoms with Gasteiger partial charge in [0.1, 0.15) is 0 Å². The fourth-order valence-corrected chi connectivity index (χ4v) is 2.10. The van der Waals surface area contributed by atoms with Crippen LogP contribution in [-0.2, 0) is 0 Å². The smallest absolute Gasteiger partial charge is 0.00414 e. The average molecular weight is 129 g/mol. The summed E-state index contributed by atoms with van der Waals surface area (Å²) in [7, 11) is 0.442. The monoisotopic (exact) mass is 129 g/mol. The van der Waals surface area contributed by atoms with Gasteiger partial charge in [0.05, 0.1) is 0 Å². The molecule has 0 aromatic heterocycles. The minimum atomic E-state index is 0.442. The molecule has 0 fully saturated rings. The van der Waals surface area contributed by atoms with Gasteiger partial charge in [0.2, 0.25) is 0 Å². The molecular formula is C6H11NS. The predicted molar refractivity (Wildman–Crippen MR) is 41.3 cm³/mol. The molecule has 0 saturated carbocycles. The Morgan fingerprint density at radius 2 is 2.50 bits per heavy atom. The molecule has 2 N–H and O–H groups in total. The van der Waals surface area contributed by atoms with Gasteiger partial charge in [-0.15, -0.1) is 0 Å². The number of nitrogens with two attached hydrogens (primary N) is 1. The van der Waals surface area contributed by atoms with E-state index in [1.165, 1.54) is 0 Å². The largest absolute Gasteiger partial charge is 0.330 e. The van der Waals surface area contributed by atoms with Crippen molar-refractivity contribution in [3.8, 4) is 0 Å². The molecule has 1 unspecified atom stereocenters. The fraction of sp³-hybridized carbons (Fsp3) is 0.500. The van der Waals surface area contributed by atoms with Crippen molar-refractivity contribution in [1.82, 2.24) is 0 Å². The van der Waals surface area contributed by atoms with E-state index in [-0.39, 0.29) is 0 Å². The molecule has 2 heteroatoms. The molecule has 1 rings (SSSR count). The quantitative estimate of drug-likeness (QED) is 0.552. The first-order valence-electron chi connectivity index (χ1n) is 2.82. The third-order valence-electron chi connectivity index (χ3n) is 1.07. The Morgan fingerprint density at radius 3 is 3.00 bits per heavy atom. The Balaban J connectivity index is 2.34. The molecule has 0 spiro atoms. The average Bonchev–Trinajstić information content (AvgIpc) is 2.19. The van der Waals surface area contributed by atoms with Crippen molar-refractivity contribution in [3.63, 3.8) is 0 Å². The van der Waals surface area contributed by atoms with Crippen LogP contribution >= 0.6 is 10.5 Å². The molecule has 0 aliphatic carbocycles. The topological polar surface area (TPSA) is 26.0 Å². The number of rotatable bonds is 2. The van der Waals surface area contributed by atoms with E-state index < -0.39 is 0 Å². The minimum Gasteiger partial charge on any atom is -0.330 e. The Kier molecular flexibility index (Phi) is 2.30. The van der Waals surface area contributed by atoms with Gasteiger partial charge in [0.25, 0.3) is 0 Å². The van der Waals surface area contributed by atoms with Crippen molar-refractivity contribution in [2.24, 2.45) is 5.73 Å². The van der Waals surface area contributed by atoms with Crippen LogP contribution in [0.25, 0.3) is 0 Å². The summed E-state index contributed by atoms with van der Waals surface area (Å²) in [6.45, 7) is 0.823. The molecule has 46 valence electrons. The first-order valence-corrected chi connectivity index (χ1v) is 4.34. The summed E-state index contributed by atoms with van der Waals surface area (Å²) in [5.74, 6) is 1.15. The third-order valence-corrected chi connectivity index (χ3v) is 2.94. The molecule has 1 nitrogen and oxygen atoms in total. The molecule has 1 heterocycles. The summed E-state index contributed by atoms with van der Waals surface area (Å²) in [6.07, 6.45) is 3.36. The minimum absolute atomic E-state index is 0.442. The third kappa shape index (κ3) is 1.46. The van der Waals surface area contributed by atoms with Crippen molar-refractivity contribution in [2.45, 2.75) is 6.42 Å². The van der Waals surface area contributed by atoms with Crippen LogP contribution in [0.4, 0.5) is 0 Å². The normalized spacial score (nSPS) is 25.9. The van der Waals surface area contributed by atoms with E-state index >= 15 is 0 Å². The van der Waals surface area contributed by atoms with Crippen LogP contribution in [0.2, 0.25) is 0 Å². The van der Waals surface area contributed by atoms with E-state index in [1.54, 1.807) is 0 Å². The molecule has 0 bridgehead atoms. The molecule has 1 aliphatic rings. The zero-order valence-electron chi connectivity index (χ0n) is 4.84. The maximum atomic E-state index is 5.36. The van der Waals surface area contributed by atoms with Gasteiger partial charge in [-0.2, -0.15) is 10.5 Å². The Hall–Kier alpha value is -0.0800. The molecule has 1 aliphatic heterocycles. The molecule has 0 radical (unpaired) electrons. The van der Waals surface area contributed by atoms with E-state index in [0.717, 1.165) is 18.7 Å². The Labute approximate surface area is 52.5 Å². The van der Waals surface area contributed by atoms with Crippen LogP contribution in [0.3, 0.4) is 0 Å². The lowest BCUT2D eigenvalue weighted by molar-refractivity contribution is 1.15. The van der Waals surface area contributed by atoms with E-state index in [9.17, 15) is 0 Å². The summed E-state index contributed by atoms with van der Waals surface area (Å²) in [5, 5.41) is 4.58. The lowest BCUT2D eigenvalue weighted by Gasteiger charge is -1.93. The maximum absolute atomic E-state index is 5.36. The van der Waals surface area contributed by atoms with Crippen molar-refractivity contribution in [3.05, 3.63) is 11.5 Å². The van der Waals surface area contributed by atoms with Crippen molar-refractivity contribution < 1.29 is 0 Å². The van der Waals surface area contributed by atoms with Crippen LogP contribution < -0.4 is 5.73 Å². The summed E-state index contributed by atoms with van der Waals surface area (Å²) >= 11 is 0.